The summed E-state index contributed by atoms with van der Waals surface area (Å²) >= 11 is 0. The number of nitrogens with two attached hydrogens (primary N) is 1. The number of hydrogen-bond donors (Lipinski definition) is 4. The summed E-state index contributed by atoms with van der Waals surface area (Å²) in [6, 6.07) is 9.04. The summed E-state index contributed by atoms with van der Waals surface area (Å²) in [5.74, 6) is 4.05. The Balaban J connectivity index is 1.61. The van der Waals surface area contributed by atoms with Crippen LogP contribution in [0.3, 0.4) is 0 Å². The van der Waals surface area contributed by atoms with Gasteiger partial charge in [-0.1, -0.05) is 17.9 Å². The lowest BCUT2D eigenvalue weighted by atomic mass is 10.0. The molecule has 0 atom stereocenters. The molecule has 5 N–H and O–H groups in total. The minimum Gasteiger partial charge on any atom is -0.381 e. The molecule has 0 saturated carbocycles. The number of carbonyl (C=O) groups is 1. The van der Waals surface area contributed by atoms with Crippen LogP contribution in [0.1, 0.15) is 32.6 Å². The number of nitrogen functional groups attached to an aromatic ring is 1. The number of hydrazine groups is 2. The van der Waals surface area contributed by atoms with Crippen LogP contribution in [-0.4, -0.2) is 10.9 Å². The number of aromatic nitrogens is 1. The van der Waals surface area contributed by atoms with E-state index in [-0.39, 0.29) is 22.8 Å². The lowest BCUT2D eigenvalue weighted by Gasteiger charge is -2.19. The minimum absolute atomic E-state index is 0.0430. The van der Waals surface area contributed by atoms with E-state index < -0.39 is 23.5 Å². The Bertz CT molecular complexity index is 1390. The molecule has 0 unspecified atom stereocenters. The van der Waals surface area contributed by atoms with Crippen molar-refractivity contribution in [2.24, 2.45) is 0 Å². The van der Waals surface area contributed by atoms with Gasteiger partial charge >= 0.3 is 6.18 Å². The van der Waals surface area contributed by atoms with Gasteiger partial charge in [-0.3, -0.25) is 9.80 Å². The Kier molecular flexibility index (Phi) is 6.31. The van der Waals surface area contributed by atoms with E-state index in [1.165, 1.54) is 41.8 Å². The standard InChI is InChI=1S/C24H18F4N6O/c1-14-2-4-17(9-16(14)5-3-15-8-21(25)22(29)30-13-15)23(35)32-19-10-18(24(26,27)28)11-20(12-19)34-7-6-31-33-34/h2,4,6-13,31,33H,1H3,(H2,29,30)(H,32,35). The Morgan fingerprint density at radius 2 is 1.94 bits per heavy atom. The van der Waals surface area contributed by atoms with Gasteiger partial charge in [0.1, 0.15) is 0 Å². The molecule has 0 spiro atoms. The van der Waals surface area contributed by atoms with Gasteiger partial charge in [-0.15, -0.1) is 5.53 Å². The summed E-state index contributed by atoms with van der Waals surface area (Å²) in [7, 11) is 0. The average molecular weight is 482 g/mol. The molecule has 4 rings (SSSR count). The van der Waals surface area contributed by atoms with E-state index in [4.69, 9.17) is 5.73 Å². The van der Waals surface area contributed by atoms with Gasteiger partial charge in [0.25, 0.3) is 5.91 Å². The number of rotatable bonds is 3. The van der Waals surface area contributed by atoms with Crippen molar-refractivity contribution >= 4 is 23.1 Å². The number of anilines is 3. The van der Waals surface area contributed by atoms with Crippen molar-refractivity contribution in [1.82, 2.24) is 15.9 Å². The molecule has 1 aliphatic rings. The third-order valence-electron chi connectivity index (χ3n) is 4.98. The predicted molar refractivity (Wildman–Crippen MR) is 123 cm³/mol. The van der Waals surface area contributed by atoms with Gasteiger partial charge in [0.2, 0.25) is 0 Å². The zero-order valence-corrected chi connectivity index (χ0v) is 18.2. The number of alkyl halides is 3. The van der Waals surface area contributed by atoms with Crippen LogP contribution in [0, 0.1) is 24.6 Å². The molecule has 0 saturated heterocycles. The van der Waals surface area contributed by atoms with Gasteiger partial charge in [-0.25, -0.2) is 9.37 Å². The smallest absolute Gasteiger partial charge is 0.381 e. The van der Waals surface area contributed by atoms with E-state index in [1.54, 1.807) is 13.0 Å². The van der Waals surface area contributed by atoms with Gasteiger partial charge in [0.05, 0.1) is 11.3 Å². The first-order chi connectivity index (χ1) is 16.6. The highest BCUT2D eigenvalue weighted by molar-refractivity contribution is 6.04. The molecule has 1 aliphatic heterocycles. The SMILES string of the molecule is Cc1ccc(C(=O)Nc2cc(N3C=CNN3)cc(C(F)(F)F)c2)cc1C#Cc1cnc(N)c(F)c1. The Morgan fingerprint density at radius 1 is 1.14 bits per heavy atom. The highest BCUT2D eigenvalue weighted by Gasteiger charge is 2.32. The fourth-order valence-corrected chi connectivity index (χ4v) is 3.15. The van der Waals surface area contributed by atoms with E-state index in [1.807, 2.05) is 0 Å². The monoisotopic (exact) mass is 482 g/mol. The van der Waals surface area contributed by atoms with Crippen LogP contribution in [0.4, 0.5) is 34.8 Å². The number of benzene rings is 2. The van der Waals surface area contributed by atoms with E-state index in [9.17, 15) is 22.4 Å². The molecule has 2 heterocycles. The van der Waals surface area contributed by atoms with Crippen molar-refractivity contribution in [3.05, 3.63) is 94.7 Å². The zero-order valence-electron chi connectivity index (χ0n) is 18.2. The second-order valence-electron chi connectivity index (χ2n) is 7.53. The second kappa shape index (κ2) is 9.36. The number of amides is 1. The number of carbonyl (C=O) groups excluding carboxylic acids is 1. The molecular formula is C24H18F4N6O. The molecular weight excluding hydrogens is 464 g/mol. The first-order valence-electron chi connectivity index (χ1n) is 10.1. The van der Waals surface area contributed by atoms with Gasteiger partial charge in [-0.05, 0) is 48.9 Å². The van der Waals surface area contributed by atoms with Crippen LogP contribution in [0.2, 0.25) is 0 Å². The number of aryl methyl sites for hydroxylation is 1. The van der Waals surface area contributed by atoms with Crippen LogP contribution in [0.5, 0.6) is 0 Å². The zero-order chi connectivity index (χ0) is 25.2. The molecule has 35 heavy (non-hydrogen) atoms. The first-order valence-corrected chi connectivity index (χ1v) is 10.1. The third kappa shape index (κ3) is 5.51. The summed E-state index contributed by atoms with van der Waals surface area (Å²) in [5.41, 5.74) is 11.6. The quantitative estimate of drug-likeness (QED) is 0.332. The van der Waals surface area contributed by atoms with Crippen molar-refractivity contribution < 1.29 is 22.4 Å². The lowest BCUT2D eigenvalue weighted by molar-refractivity contribution is -0.137. The van der Waals surface area contributed by atoms with E-state index in [0.29, 0.717) is 11.1 Å². The van der Waals surface area contributed by atoms with Crippen molar-refractivity contribution in [2.75, 3.05) is 16.1 Å². The Labute approximate surface area is 197 Å². The maximum atomic E-state index is 13.6. The molecule has 0 fully saturated rings. The third-order valence-corrected chi connectivity index (χ3v) is 4.98. The van der Waals surface area contributed by atoms with E-state index in [2.05, 4.69) is 33.1 Å². The van der Waals surface area contributed by atoms with Crippen molar-refractivity contribution in [3.63, 3.8) is 0 Å². The van der Waals surface area contributed by atoms with Gasteiger partial charge < -0.3 is 16.5 Å². The van der Waals surface area contributed by atoms with Crippen LogP contribution in [0.25, 0.3) is 0 Å². The molecule has 7 nitrogen and oxygen atoms in total. The topological polar surface area (TPSA) is 95.3 Å². The van der Waals surface area contributed by atoms with Crippen molar-refractivity contribution in [2.45, 2.75) is 13.1 Å². The Morgan fingerprint density at radius 3 is 2.63 bits per heavy atom. The summed E-state index contributed by atoms with van der Waals surface area (Å²) in [5, 5.41) is 3.84. The predicted octanol–water partition coefficient (Wildman–Crippen LogP) is 4.08. The summed E-state index contributed by atoms with van der Waals surface area (Å²) in [6.07, 6.45) is -0.297. The number of pyridine rings is 1. The first kappa shape index (κ1) is 23.6. The lowest BCUT2D eigenvalue weighted by Crippen LogP contribution is -2.35. The molecule has 0 radical (unpaired) electrons. The highest BCUT2D eigenvalue weighted by atomic mass is 19.4. The fraction of sp³-hybridized carbons (Fsp3) is 0.0833. The average Bonchev–Trinajstić information content (AvgIpc) is 3.35. The van der Waals surface area contributed by atoms with E-state index in [0.717, 1.165) is 23.8 Å². The van der Waals surface area contributed by atoms with Crippen LogP contribution >= 0.6 is 0 Å². The molecule has 11 heteroatoms. The summed E-state index contributed by atoms with van der Waals surface area (Å²) < 4.78 is 53.9. The summed E-state index contributed by atoms with van der Waals surface area (Å²) in [4.78, 5) is 16.6. The normalized spacial score (nSPS) is 12.7. The van der Waals surface area contributed by atoms with Gasteiger partial charge in [0.15, 0.2) is 11.6 Å². The maximum absolute atomic E-state index is 13.6. The molecule has 1 amide bonds. The van der Waals surface area contributed by atoms with Crippen molar-refractivity contribution in [1.29, 1.82) is 0 Å². The minimum atomic E-state index is -4.62. The maximum Gasteiger partial charge on any atom is 0.416 e. The molecule has 178 valence electrons. The summed E-state index contributed by atoms with van der Waals surface area (Å²) in [6.45, 7) is 1.77. The highest BCUT2D eigenvalue weighted by Crippen LogP contribution is 2.34. The van der Waals surface area contributed by atoms with E-state index >= 15 is 0 Å². The number of nitrogens with zero attached hydrogens (tertiary/aromatic N) is 2. The number of hydrogen-bond acceptors (Lipinski definition) is 6. The van der Waals surface area contributed by atoms with Crippen LogP contribution in [0.15, 0.2) is 61.1 Å². The molecule has 0 aliphatic carbocycles. The second-order valence-corrected chi connectivity index (χ2v) is 7.53. The fourth-order valence-electron chi connectivity index (χ4n) is 3.15. The Hall–Kier alpha value is -4.56. The number of nitrogens with one attached hydrogen (secondary N) is 3. The molecule has 2 aromatic carbocycles. The van der Waals surface area contributed by atoms with Gasteiger partial charge in [-0.2, -0.15) is 13.2 Å². The number of halogens is 4. The molecule has 3 aromatic rings. The largest absolute Gasteiger partial charge is 0.416 e. The molecule has 0 bridgehead atoms. The van der Waals surface area contributed by atoms with Crippen molar-refractivity contribution in [3.8, 4) is 11.8 Å². The van der Waals surface area contributed by atoms with Crippen LogP contribution in [-0.2, 0) is 6.18 Å². The van der Waals surface area contributed by atoms with Crippen LogP contribution < -0.4 is 27.0 Å². The van der Waals surface area contributed by atoms with Gasteiger partial charge in [0, 0.05) is 41.0 Å². The molecule has 1 aromatic heterocycles.